The molecule has 0 aromatic heterocycles. The highest BCUT2D eigenvalue weighted by Gasteiger charge is 2.15. The van der Waals surface area contributed by atoms with Crippen LogP contribution in [0.25, 0.3) is 0 Å². The van der Waals surface area contributed by atoms with Crippen LogP contribution in [0.4, 0.5) is 5.69 Å². The number of nitrogens with one attached hydrogen (secondary N) is 2. The van der Waals surface area contributed by atoms with Crippen molar-refractivity contribution in [2.24, 2.45) is 0 Å². The van der Waals surface area contributed by atoms with E-state index in [2.05, 4.69) is 29.4 Å². The number of rotatable bonds is 7. The Hall–Kier alpha value is -1.26. The molecular formula is C15H24ClN3O. The van der Waals surface area contributed by atoms with Gasteiger partial charge in [-0.25, -0.2) is 0 Å². The van der Waals surface area contributed by atoms with Crippen molar-refractivity contribution < 1.29 is 4.79 Å². The molecule has 1 atom stereocenters. The van der Waals surface area contributed by atoms with Gasteiger partial charge in [0.2, 0.25) is 0 Å². The second kappa shape index (κ2) is 8.12. The first-order valence-electron chi connectivity index (χ1n) is 7.02. The predicted octanol–water partition coefficient (Wildman–Crippen LogP) is 2.84. The van der Waals surface area contributed by atoms with Crippen LogP contribution >= 0.6 is 11.6 Å². The van der Waals surface area contributed by atoms with Crippen molar-refractivity contribution in [2.45, 2.75) is 26.8 Å². The topological polar surface area (TPSA) is 44.4 Å². The number of anilines is 1. The molecule has 1 unspecified atom stereocenters. The summed E-state index contributed by atoms with van der Waals surface area (Å²) in [6, 6.07) is 5.36. The SMILES string of the molecule is CCN(CC)CC(C)NC(=O)c1cc(Cl)ccc1NC. The van der Waals surface area contributed by atoms with Crippen LogP contribution in [0.5, 0.6) is 0 Å². The summed E-state index contributed by atoms with van der Waals surface area (Å²) >= 11 is 5.97. The lowest BCUT2D eigenvalue weighted by atomic mass is 10.1. The molecule has 0 aliphatic carbocycles. The molecule has 20 heavy (non-hydrogen) atoms. The number of halogens is 1. The third kappa shape index (κ3) is 4.69. The molecule has 5 heteroatoms. The monoisotopic (exact) mass is 297 g/mol. The van der Waals surface area contributed by atoms with E-state index >= 15 is 0 Å². The fourth-order valence-electron chi connectivity index (χ4n) is 2.14. The first-order valence-corrected chi connectivity index (χ1v) is 7.40. The van der Waals surface area contributed by atoms with Crippen LogP contribution < -0.4 is 10.6 Å². The highest BCUT2D eigenvalue weighted by Crippen LogP contribution is 2.20. The Morgan fingerprint density at radius 1 is 1.35 bits per heavy atom. The molecule has 112 valence electrons. The first kappa shape index (κ1) is 16.8. The maximum Gasteiger partial charge on any atom is 0.253 e. The summed E-state index contributed by atoms with van der Waals surface area (Å²) in [7, 11) is 1.79. The Morgan fingerprint density at radius 2 is 2.00 bits per heavy atom. The number of benzene rings is 1. The molecule has 0 spiro atoms. The summed E-state index contributed by atoms with van der Waals surface area (Å²) in [5, 5.41) is 6.59. The highest BCUT2D eigenvalue weighted by molar-refractivity contribution is 6.31. The van der Waals surface area contributed by atoms with Gasteiger partial charge in [-0.15, -0.1) is 0 Å². The molecule has 0 bridgehead atoms. The van der Waals surface area contributed by atoms with Crippen molar-refractivity contribution >= 4 is 23.2 Å². The van der Waals surface area contributed by atoms with Gasteiger partial charge >= 0.3 is 0 Å². The lowest BCUT2D eigenvalue weighted by molar-refractivity contribution is 0.0931. The minimum atomic E-state index is -0.100. The lowest BCUT2D eigenvalue weighted by Gasteiger charge is -2.23. The van der Waals surface area contributed by atoms with E-state index in [1.165, 1.54) is 0 Å². The molecular weight excluding hydrogens is 274 g/mol. The maximum atomic E-state index is 12.3. The first-order chi connectivity index (χ1) is 9.51. The molecule has 0 heterocycles. The lowest BCUT2D eigenvalue weighted by Crippen LogP contribution is -2.42. The van der Waals surface area contributed by atoms with Gasteiger partial charge in [0, 0.05) is 30.3 Å². The van der Waals surface area contributed by atoms with Gasteiger partial charge in [-0.05, 0) is 38.2 Å². The fraction of sp³-hybridized carbons (Fsp3) is 0.533. The quantitative estimate of drug-likeness (QED) is 0.813. The van der Waals surface area contributed by atoms with Crippen LogP contribution in [-0.2, 0) is 0 Å². The second-order valence-electron chi connectivity index (χ2n) is 4.80. The average molecular weight is 298 g/mol. The van der Waals surface area contributed by atoms with Crippen molar-refractivity contribution in [1.82, 2.24) is 10.2 Å². The highest BCUT2D eigenvalue weighted by atomic mass is 35.5. The van der Waals surface area contributed by atoms with Crippen LogP contribution in [0, 0.1) is 0 Å². The normalized spacial score (nSPS) is 12.3. The molecule has 1 aromatic rings. The van der Waals surface area contributed by atoms with Crippen molar-refractivity contribution in [3.63, 3.8) is 0 Å². The van der Waals surface area contributed by atoms with Crippen molar-refractivity contribution in [1.29, 1.82) is 0 Å². The molecule has 0 saturated carbocycles. The zero-order chi connectivity index (χ0) is 15.1. The summed E-state index contributed by atoms with van der Waals surface area (Å²) in [5.41, 5.74) is 1.35. The summed E-state index contributed by atoms with van der Waals surface area (Å²) < 4.78 is 0. The maximum absolute atomic E-state index is 12.3. The third-order valence-corrected chi connectivity index (χ3v) is 3.53. The molecule has 2 N–H and O–H groups in total. The number of amides is 1. The standard InChI is InChI=1S/C15H24ClN3O/c1-5-19(6-2)10-11(3)18-15(20)13-9-12(16)7-8-14(13)17-4/h7-9,11,17H,5-6,10H2,1-4H3,(H,18,20). The van der Waals surface area contributed by atoms with Gasteiger partial charge in [-0.3, -0.25) is 4.79 Å². The van der Waals surface area contributed by atoms with Crippen molar-refractivity contribution in [3.05, 3.63) is 28.8 Å². The zero-order valence-electron chi connectivity index (χ0n) is 12.7. The number of hydrogen-bond donors (Lipinski definition) is 2. The van der Waals surface area contributed by atoms with E-state index in [4.69, 9.17) is 11.6 Å². The molecule has 1 amide bonds. The minimum Gasteiger partial charge on any atom is -0.387 e. The van der Waals surface area contributed by atoms with Gasteiger partial charge in [-0.1, -0.05) is 25.4 Å². The van der Waals surface area contributed by atoms with Crippen LogP contribution in [-0.4, -0.2) is 43.5 Å². The van der Waals surface area contributed by atoms with Gasteiger partial charge in [0.15, 0.2) is 0 Å². The van der Waals surface area contributed by atoms with Crippen molar-refractivity contribution in [2.75, 3.05) is 32.0 Å². The van der Waals surface area contributed by atoms with Gasteiger partial charge < -0.3 is 15.5 Å². The third-order valence-electron chi connectivity index (χ3n) is 3.30. The van der Waals surface area contributed by atoms with E-state index in [1.54, 1.807) is 19.2 Å². The van der Waals surface area contributed by atoms with Crippen LogP contribution in [0.3, 0.4) is 0 Å². The number of nitrogens with zero attached hydrogens (tertiary/aromatic N) is 1. The Morgan fingerprint density at radius 3 is 2.55 bits per heavy atom. The molecule has 0 aliphatic rings. The second-order valence-corrected chi connectivity index (χ2v) is 5.24. The largest absolute Gasteiger partial charge is 0.387 e. The number of hydrogen-bond acceptors (Lipinski definition) is 3. The number of likely N-dealkylation sites (N-methyl/N-ethyl adjacent to an activating group) is 1. The molecule has 0 fully saturated rings. The van der Waals surface area contributed by atoms with E-state index in [9.17, 15) is 4.79 Å². The predicted molar refractivity (Wildman–Crippen MR) is 85.7 cm³/mol. The Balaban J connectivity index is 2.73. The van der Waals surface area contributed by atoms with Crippen LogP contribution in [0.15, 0.2) is 18.2 Å². The molecule has 1 rings (SSSR count). The molecule has 1 aromatic carbocycles. The Kier molecular flexibility index (Phi) is 6.82. The van der Waals surface area contributed by atoms with E-state index in [-0.39, 0.29) is 11.9 Å². The average Bonchev–Trinajstić information content (AvgIpc) is 2.44. The molecule has 0 saturated heterocycles. The summed E-state index contributed by atoms with van der Waals surface area (Å²) in [5.74, 6) is -0.100. The van der Waals surface area contributed by atoms with Crippen molar-refractivity contribution in [3.8, 4) is 0 Å². The van der Waals surface area contributed by atoms with Gasteiger partial charge in [0.1, 0.15) is 0 Å². The molecule has 0 aliphatic heterocycles. The van der Waals surface area contributed by atoms with Gasteiger partial charge in [0.25, 0.3) is 5.91 Å². The van der Waals surface area contributed by atoms with E-state index in [0.717, 1.165) is 25.3 Å². The van der Waals surface area contributed by atoms with E-state index in [1.807, 2.05) is 13.0 Å². The fourth-order valence-corrected chi connectivity index (χ4v) is 2.31. The van der Waals surface area contributed by atoms with Crippen LogP contribution in [0.1, 0.15) is 31.1 Å². The van der Waals surface area contributed by atoms with Gasteiger partial charge in [-0.2, -0.15) is 0 Å². The van der Waals surface area contributed by atoms with E-state index in [0.29, 0.717) is 10.6 Å². The smallest absolute Gasteiger partial charge is 0.253 e. The minimum absolute atomic E-state index is 0.0890. The molecule has 4 nitrogen and oxygen atoms in total. The number of carbonyl (C=O) groups excluding carboxylic acids is 1. The summed E-state index contributed by atoms with van der Waals surface area (Å²) in [6.07, 6.45) is 0. The number of carbonyl (C=O) groups is 1. The van der Waals surface area contributed by atoms with Crippen LogP contribution in [0.2, 0.25) is 5.02 Å². The zero-order valence-corrected chi connectivity index (χ0v) is 13.4. The molecule has 0 radical (unpaired) electrons. The van der Waals surface area contributed by atoms with Gasteiger partial charge in [0.05, 0.1) is 5.56 Å². The Bertz CT molecular complexity index is 447. The van der Waals surface area contributed by atoms with E-state index < -0.39 is 0 Å². The summed E-state index contributed by atoms with van der Waals surface area (Å²) in [6.45, 7) is 9.06. The summed E-state index contributed by atoms with van der Waals surface area (Å²) in [4.78, 5) is 14.6. The Labute approximate surface area is 126 Å².